The first-order valence-electron chi connectivity index (χ1n) is 22.1. The lowest BCUT2D eigenvalue weighted by molar-refractivity contribution is 0.111. The van der Waals surface area contributed by atoms with E-state index in [1.165, 1.54) is 126 Å². The van der Waals surface area contributed by atoms with Crippen molar-refractivity contribution in [1.29, 1.82) is 0 Å². The second-order valence-electron chi connectivity index (χ2n) is 15.7. The Bertz CT molecular complexity index is 3260. The number of methoxy groups -OCH3 is 4. The zero-order valence-electron chi connectivity index (χ0n) is 41.1. The number of carbonyl (C=O) groups excluding carboxylic acids is 4. The Morgan fingerprint density at radius 3 is 1.15 bits per heavy atom. The highest BCUT2D eigenvalue weighted by molar-refractivity contribution is 8.47. The lowest BCUT2D eigenvalue weighted by Gasteiger charge is -2.30. The van der Waals surface area contributed by atoms with E-state index in [0.29, 0.717) is 58.6 Å². The maximum absolute atomic E-state index is 14.3. The number of para-hydroxylation sites is 1. The number of hydrogen-bond acceptors (Lipinski definition) is 17. The first kappa shape index (κ1) is 56.4. The van der Waals surface area contributed by atoms with Crippen LogP contribution < -0.4 is 42.8 Å². The van der Waals surface area contributed by atoms with Gasteiger partial charge in [0, 0.05) is 27.9 Å². The summed E-state index contributed by atoms with van der Waals surface area (Å²) >= 11 is 0. The summed E-state index contributed by atoms with van der Waals surface area (Å²) in [5.41, 5.74) is 10.2. The molecule has 0 saturated carbocycles. The van der Waals surface area contributed by atoms with Crippen LogP contribution in [-0.4, -0.2) is 74.5 Å². The average molecular weight is 1100 g/mol. The molecule has 0 heterocycles. The van der Waals surface area contributed by atoms with Gasteiger partial charge in [0.1, 0.15) is 25.1 Å². The number of anilines is 1. The van der Waals surface area contributed by atoms with Crippen molar-refractivity contribution in [2.45, 2.75) is 30.2 Å². The minimum atomic E-state index is -4.27. The van der Waals surface area contributed by atoms with Gasteiger partial charge in [-0.25, -0.2) is 16.8 Å². The number of nitrogen functional groups attached to an aromatic ring is 1. The summed E-state index contributed by atoms with van der Waals surface area (Å²) in [5.74, 6) is 1.11. The molecule has 7 aromatic carbocycles. The maximum atomic E-state index is 14.3. The molecule has 22 heteroatoms. The number of aldehydes is 4. The molecular weight excluding hydrogens is 1050 g/mol. The fourth-order valence-electron chi connectivity index (χ4n) is 6.57. The van der Waals surface area contributed by atoms with E-state index >= 15 is 0 Å². The molecule has 7 rings (SSSR count). The minimum absolute atomic E-state index is 0.00571. The van der Waals surface area contributed by atoms with Crippen LogP contribution in [0.2, 0.25) is 0 Å². The standard InChI is InChI=1S/C30H29N2O8PS.C23H21O8PS/c1-21-8-12-25(13-9-21)42(35,36)32(18-24-6-4-5-7-26(24)31)41(39-27-14-10-22(19-33)16-29(27)37-2)40-28-15-11-23(20-34)17-30(28)38-3;1-16-4-8-19(9-5-16)33(26,27)32(30-20-10-6-17(14-24)12-22(20)28-2)31-21-11-7-18(15-25)13-23(21)29-3/h4-17,19-20H,18,31H2,1-3H3;4-15H,1-3H3. The SMILES string of the molecule is COc1cc(C=O)ccc1OP(Oc1ccc(C=O)cc1OC)N(Cc1ccccc1N)S(=O)(=O)c1ccc(C)cc1.COc1cc(C=O)ccc1OP(Oc1ccc(C=O)cc1OC)S(=O)(=O)c1ccc(C)cc1. The molecular formula is C53H50N2O16P2S2. The predicted molar refractivity (Wildman–Crippen MR) is 283 cm³/mol. The molecule has 0 amide bonds. The number of nitrogens with zero attached hydrogens (tertiary/aromatic N) is 1. The van der Waals surface area contributed by atoms with E-state index in [-0.39, 0.29) is 62.3 Å². The smallest absolute Gasteiger partial charge is 0.427 e. The van der Waals surface area contributed by atoms with Gasteiger partial charge >= 0.3 is 16.1 Å². The van der Waals surface area contributed by atoms with Crippen LogP contribution in [0.15, 0.2) is 155 Å². The highest BCUT2D eigenvalue weighted by Crippen LogP contribution is 2.54. The Kier molecular flexibility index (Phi) is 19.5. The lowest BCUT2D eigenvalue weighted by Crippen LogP contribution is -2.30. The van der Waals surface area contributed by atoms with Crippen LogP contribution in [0, 0.1) is 13.8 Å². The lowest BCUT2D eigenvalue weighted by atomic mass is 10.2. The van der Waals surface area contributed by atoms with Crippen LogP contribution in [0.3, 0.4) is 0 Å². The number of sulfonamides is 1. The fraction of sp³-hybridized carbons (Fsp3) is 0.132. The summed E-state index contributed by atoms with van der Waals surface area (Å²) < 4.78 is 102. The molecule has 75 heavy (non-hydrogen) atoms. The molecule has 0 saturated heterocycles. The molecule has 2 N–H and O–H groups in total. The predicted octanol–water partition coefficient (Wildman–Crippen LogP) is 10.6. The van der Waals surface area contributed by atoms with Crippen LogP contribution >= 0.6 is 16.1 Å². The van der Waals surface area contributed by atoms with Crippen molar-refractivity contribution in [3.8, 4) is 46.0 Å². The Morgan fingerprint density at radius 2 is 0.800 bits per heavy atom. The summed E-state index contributed by atoms with van der Waals surface area (Å²) in [6.45, 7) is 3.48. The first-order valence-corrected chi connectivity index (χ1v) is 28.0. The van der Waals surface area contributed by atoms with Crippen molar-refractivity contribution in [2.75, 3.05) is 34.2 Å². The Morgan fingerprint density at radius 1 is 0.453 bits per heavy atom. The maximum Gasteiger partial charge on any atom is 0.427 e. The van der Waals surface area contributed by atoms with Gasteiger partial charge in [-0.1, -0.05) is 53.6 Å². The van der Waals surface area contributed by atoms with Crippen molar-refractivity contribution in [3.63, 3.8) is 0 Å². The van der Waals surface area contributed by atoms with Gasteiger partial charge in [0.2, 0.25) is 0 Å². The van der Waals surface area contributed by atoms with E-state index in [9.17, 15) is 36.0 Å². The van der Waals surface area contributed by atoms with E-state index in [1.807, 2.05) is 13.8 Å². The average Bonchev–Trinajstić information content (AvgIpc) is 3.43. The molecule has 0 aliphatic heterocycles. The van der Waals surface area contributed by atoms with Gasteiger partial charge in [-0.2, -0.15) is 0 Å². The van der Waals surface area contributed by atoms with E-state index in [2.05, 4.69) is 0 Å². The quantitative estimate of drug-likeness (QED) is 0.0356. The van der Waals surface area contributed by atoms with Crippen molar-refractivity contribution in [2.24, 2.45) is 0 Å². The number of benzene rings is 7. The van der Waals surface area contributed by atoms with Crippen LogP contribution in [-0.2, 0) is 26.0 Å². The van der Waals surface area contributed by atoms with E-state index in [0.717, 1.165) is 15.2 Å². The van der Waals surface area contributed by atoms with Gasteiger partial charge in [-0.15, -0.1) is 4.08 Å². The molecule has 0 unspecified atom stereocenters. The summed E-state index contributed by atoms with van der Waals surface area (Å²) in [7, 11) is -8.10. The molecule has 0 aliphatic carbocycles. The third kappa shape index (κ3) is 14.1. The molecule has 0 spiro atoms. The van der Waals surface area contributed by atoms with Gasteiger partial charge < -0.3 is 42.8 Å². The normalized spacial score (nSPS) is 11.2. The van der Waals surface area contributed by atoms with Crippen LogP contribution in [0.25, 0.3) is 0 Å². The number of aryl methyl sites for hydroxylation is 2. The Balaban J connectivity index is 0.000000251. The summed E-state index contributed by atoms with van der Waals surface area (Å²) in [5, 5.41) is 0. The van der Waals surface area contributed by atoms with Crippen molar-refractivity contribution in [1.82, 2.24) is 4.08 Å². The number of ether oxygens (including phenoxy) is 4. The third-order valence-corrected chi connectivity index (χ3v) is 18.7. The highest BCUT2D eigenvalue weighted by atomic mass is 32.8. The van der Waals surface area contributed by atoms with E-state index in [1.54, 1.807) is 48.5 Å². The van der Waals surface area contributed by atoms with Gasteiger partial charge in [0.05, 0.1) is 44.8 Å². The van der Waals surface area contributed by atoms with E-state index in [4.69, 9.17) is 42.8 Å². The van der Waals surface area contributed by atoms with Crippen LogP contribution in [0.5, 0.6) is 46.0 Å². The third-order valence-electron chi connectivity index (χ3n) is 10.6. The second kappa shape index (κ2) is 25.9. The number of rotatable bonds is 23. The Labute approximate surface area is 436 Å². The number of nitrogens with two attached hydrogens (primary N) is 1. The summed E-state index contributed by atoms with van der Waals surface area (Å²) in [6, 6.07) is 37.0. The highest BCUT2D eigenvalue weighted by Gasteiger charge is 2.40. The molecule has 390 valence electrons. The molecule has 0 fully saturated rings. The number of carbonyl (C=O) groups is 4. The molecule has 18 nitrogen and oxygen atoms in total. The van der Waals surface area contributed by atoms with Crippen LogP contribution in [0.4, 0.5) is 5.69 Å². The van der Waals surface area contributed by atoms with Gasteiger partial charge in [-0.3, -0.25) is 19.2 Å². The zero-order valence-corrected chi connectivity index (χ0v) is 44.6. The molecule has 7 aromatic rings. The molecule has 0 aliphatic rings. The van der Waals surface area contributed by atoms with Gasteiger partial charge in [-0.05, 0) is 123 Å². The Hall–Kier alpha value is -7.86. The van der Waals surface area contributed by atoms with Crippen molar-refractivity contribution < 1.29 is 73.1 Å². The molecule has 0 atom stereocenters. The first-order chi connectivity index (χ1) is 36.0. The van der Waals surface area contributed by atoms with Gasteiger partial charge in [0.25, 0.3) is 19.5 Å². The van der Waals surface area contributed by atoms with Crippen LogP contribution in [0.1, 0.15) is 58.1 Å². The number of hydrogen-bond donors (Lipinski definition) is 1. The molecule has 0 aromatic heterocycles. The van der Waals surface area contributed by atoms with Gasteiger partial charge in [0.15, 0.2) is 46.0 Å². The zero-order chi connectivity index (χ0) is 54.3. The topological polar surface area (TPSA) is 240 Å². The van der Waals surface area contributed by atoms with Crippen molar-refractivity contribution >= 4 is 66.4 Å². The summed E-state index contributed by atoms with van der Waals surface area (Å²) in [4.78, 5) is 44.9. The largest absolute Gasteiger partial charge is 0.493 e. The minimum Gasteiger partial charge on any atom is -0.493 e. The molecule has 0 radical (unpaired) electrons. The summed E-state index contributed by atoms with van der Waals surface area (Å²) in [6.07, 6.45) is 2.57. The monoisotopic (exact) mass is 1100 g/mol. The van der Waals surface area contributed by atoms with Crippen molar-refractivity contribution in [3.05, 3.63) is 185 Å². The second-order valence-corrected chi connectivity index (χ2v) is 23.8. The van der Waals surface area contributed by atoms with E-state index < -0.39 is 35.6 Å². The fourth-order valence-corrected chi connectivity index (χ4v) is 13.4. The molecule has 0 bridgehead atoms.